The van der Waals surface area contributed by atoms with Crippen molar-refractivity contribution in [1.82, 2.24) is 9.97 Å². The number of halogens is 1. The first-order valence-corrected chi connectivity index (χ1v) is 7.10. The Morgan fingerprint density at radius 1 is 1.11 bits per heavy atom. The van der Waals surface area contributed by atoms with E-state index < -0.39 is 0 Å². The van der Waals surface area contributed by atoms with Crippen molar-refractivity contribution in [2.45, 2.75) is 43.8 Å². The largest absolute Gasteiger partial charge is 0.371 e. The van der Waals surface area contributed by atoms with Crippen LogP contribution < -0.4 is 4.90 Å². The molecule has 2 aliphatic heterocycles. The summed E-state index contributed by atoms with van der Waals surface area (Å²) >= 11 is 6.12. The van der Waals surface area contributed by atoms with E-state index in [1.165, 1.54) is 25.7 Å². The second-order valence-corrected chi connectivity index (χ2v) is 5.93. The molecule has 3 aliphatic rings. The molecule has 0 N–H and O–H groups in total. The molecular formula is C13H16ClN3O. The number of morpholine rings is 1. The average Bonchev–Trinajstić information content (AvgIpc) is 3.15. The minimum Gasteiger partial charge on any atom is -0.371 e. The van der Waals surface area contributed by atoms with E-state index in [2.05, 4.69) is 9.88 Å². The van der Waals surface area contributed by atoms with Gasteiger partial charge in [0.1, 0.15) is 16.8 Å². The fourth-order valence-corrected chi connectivity index (χ4v) is 3.10. The van der Waals surface area contributed by atoms with Crippen LogP contribution in [0.25, 0.3) is 0 Å². The highest BCUT2D eigenvalue weighted by atomic mass is 35.5. The van der Waals surface area contributed by atoms with Gasteiger partial charge in [-0.1, -0.05) is 11.6 Å². The molecule has 3 heterocycles. The fourth-order valence-electron chi connectivity index (χ4n) is 2.91. The summed E-state index contributed by atoms with van der Waals surface area (Å²) in [6.45, 7) is 1.88. The van der Waals surface area contributed by atoms with Crippen LogP contribution in [0.4, 0.5) is 5.82 Å². The third-order valence-electron chi connectivity index (χ3n) is 4.01. The summed E-state index contributed by atoms with van der Waals surface area (Å²) in [6.07, 6.45) is 5.51. The third-order valence-corrected chi connectivity index (χ3v) is 4.20. The van der Waals surface area contributed by atoms with Crippen LogP contribution in [0.1, 0.15) is 37.4 Å². The lowest BCUT2D eigenvalue weighted by atomic mass is 10.2. The maximum atomic E-state index is 6.12. The normalized spacial score (nSPS) is 30.8. The van der Waals surface area contributed by atoms with Crippen LogP contribution >= 0.6 is 11.6 Å². The zero-order chi connectivity index (χ0) is 12.1. The molecule has 18 heavy (non-hydrogen) atoms. The van der Waals surface area contributed by atoms with Crippen molar-refractivity contribution in [2.75, 3.05) is 18.0 Å². The van der Waals surface area contributed by atoms with Crippen molar-refractivity contribution in [1.29, 1.82) is 0 Å². The Kier molecular flexibility index (Phi) is 2.49. The van der Waals surface area contributed by atoms with Crippen molar-refractivity contribution >= 4 is 17.4 Å². The topological polar surface area (TPSA) is 38.2 Å². The maximum absolute atomic E-state index is 6.12. The van der Waals surface area contributed by atoms with E-state index in [1.807, 2.05) is 6.07 Å². The molecular weight excluding hydrogens is 250 g/mol. The van der Waals surface area contributed by atoms with Gasteiger partial charge in [-0.15, -0.1) is 0 Å². The number of ether oxygens (including phenoxy) is 1. The van der Waals surface area contributed by atoms with Crippen LogP contribution in [0.5, 0.6) is 0 Å². The van der Waals surface area contributed by atoms with Gasteiger partial charge in [-0.3, -0.25) is 0 Å². The molecule has 1 aliphatic carbocycles. The second-order valence-electron chi connectivity index (χ2n) is 5.54. The first-order chi connectivity index (χ1) is 8.78. The molecule has 4 nitrogen and oxygen atoms in total. The molecule has 0 aromatic carbocycles. The van der Waals surface area contributed by atoms with Crippen LogP contribution in [0, 0.1) is 0 Å². The summed E-state index contributed by atoms with van der Waals surface area (Å²) in [5, 5.41) is 0.570. The molecule has 1 aromatic rings. The van der Waals surface area contributed by atoms with E-state index in [-0.39, 0.29) is 0 Å². The molecule has 3 fully saturated rings. The van der Waals surface area contributed by atoms with Crippen LogP contribution in [0.15, 0.2) is 6.07 Å². The smallest absolute Gasteiger partial charge is 0.135 e. The van der Waals surface area contributed by atoms with E-state index in [0.717, 1.165) is 24.7 Å². The quantitative estimate of drug-likeness (QED) is 0.770. The highest BCUT2D eigenvalue weighted by Gasteiger charge is 2.35. The summed E-state index contributed by atoms with van der Waals surface area (Å²) in [5.41, 5.74) is 0. The second kappa shape index (κ2) is 4.07. The molecule has 2 atom stereocenters. The van der Waals surface area contributed by atoms with Crippen molar-refractivity contribution < 1.29 is 4.74 Å². The zero-order valence-corrected chi connectivity index (χ0v) is 10.9. The number of nitrogens with zero attached hydrogens (tertiary/aromatic N) is 3. The average molecular weight is 266 g/mol. The van der Waals surface area contributed by atoms with Gasteiger partial charge < -0.3 is 9.64 Å². The third kappa shape index (κ3) is 1.97. The number of hydrogen-bond donors (Lipinski definition) is 0. The summed E-state index contributed by atoms with van der Waals surface area (Å²) in [4.78, 5) is 11.3. The highest BCUT2D eigenvalue weighted by Crippen LogP contribution is 2.39. The standard InChI is InChI=1S/C13H16ClN3O/c14-11-5-12(16-13(15-11)8-1-2-8)17-6-9-3-4-10(7-17)18-9/h5,8-10H,1-4,6-7H2. The van der Waals surface area contributed by atoms with Crippen molar-refractivity contribution in [3.8, 4) is 0 Å². The molecule has 1 saturated carbocycles. The monoisotopic (exact) mass is 265 g/mol. The molecule has 2 unspecified atom stereocenters. The molecule has 4 rings (SSSR count). The van der Waals surface area contributed by atoms with Crippen molar-refractivity contribution in [2.24, 2.45) is 0 Å². The Morgan fingerprint density at radius 3 is 2.50 bits per heavy atom. The minimum atomic E-state index is 0.377. The number of hydrogen-bond acceptors (Lipinski definition) is 4. The summed E-state index contributed by atoms with van der Waals surface area (Å²) in [7, 11) is 0. The van der Waals surface area contributed by atoms with Gasteiger partial charge in [-0.2, -0.15) is 0 Å². The van der Waals surface area contributed by atoms with Gasteiger partial charge in [0.2, 0.25) is 0 Å². The van der Waals surface area contributed by atoms with Gasteiger partial charge in [0.05, 0.1) is 12.2 Å². The van der Waals surface area contributed by atoms with Gasteiger partial charge >= 0.3 is 0 Å². The molecule has 0 amide bonds. The highest BCUT2D eigenvalue weighted by molar-refractivity contribution is 6.29. The molecule has 2 saturated heterocycles. The first kappa shape index (κ1) is 11.0. The fraction of sp³-hybridized carbons (Fsp3) is 0.692. The zero-order valence-electron chi connectivity index (χ0n) is 10.2. The van der Waals surface area contributed by atoms with E-state index >= 15 is 0 Å². The lowest BCUT2D eigenvalue weighted by Gasteiger charge is -2.33. The van der Waals surface area contributed by atoms with Crippen LogP contribution in [0.3, 0.4) is 0 Å². The van der Waals surface area contributed by atoms with Crippen molar-refractivity contribution in [3.63, 3.8) is 0 Å². The van der Waals surface area contributed by atoms with Crippen molar-refractivity contribution in [3.05, 3.63) is 17.0 Å². The van der Waals surface area contributed by atoms with E-state index in [4.69, 9.17) is 21.3 Å². The number of aromatic nitrogens is 2. The number of rotatable bonds is 2. The molecule has 96 valence electrons. The Morgan fingerprint density at radius 2 is 1.83 bits per heavy atom. The Labute approximate surface area is 111 Å². The number of anilines is 1. The Bertz CT molecular complexity index is 465. The molecule has 0 spiro atoms. The van der Waals surface area contributed by atoms with E-state index in [1.54, 1.807) is 0 Å². The van der Waals surface area contributed by atoms with E-state index in [9.17, 15) is 0 Å². The molecule has 0 radical (unpaired) electrons. The predicted molar refractivity (Wildman–Crippen MR) is 69.1 cm³/mol. The Hall–Kier alpha value is -0.870. The van der Waals surface area contributed by atoms with E-state index in [0.29, 0.717) is 23.3 Å². The predicted octanol–water partition coefficient (Wildman–Crippen LogP) is 2.38. The first-order valence-electron chi connectivity index (χ1n) is 6.73. The Balaban J connectivity index is 1.63. The lowest BCUT2D eigenvalue weighted by molar-refractivity contribution is 0.0302. The van der Waals surface area contributed by atoms with Gasteiger partial charge in [-0.05, 0) is 25.7 Å². The summed E-state index contributed by atoms with van der Waals surface area (Å²) in [6, 6.07) is 1.89. The molecule has 1 aromatic heterocycles. The molecule has 2 bridgehead atoms. The van der Waals surface area contributed by atoms with Gasteiger partial charge in [-0.25, -0.2) is 9.97 Å². The summed E-state index contributed by atoms with van der Waals surface area (Å²) < 4.78 is 5.85. The minimum absolute atomic E-state index is 0.377. The van der Waals surface area contributed by atoms with Crippen LogP contribution in [-0.4, -0.2) is 35.3 Å². The van der Waals surface area contributed by atoms with Crippen LogP contribution in [0.2, 0.25) is 5.15 Å². The van der Waals surface area contributed by atoms with Gasteiger partial charge in [0, 0.05) is 25.1 Å². The maximum Gasteiger partial charge on any atom is 0.135 e. The molecule has 5 heteroatoms. The van der Waals surface area contributed by atoms with Gasteiger partial charge in [0.15, 0.2) is 0 Å². The van der Waals surface area contributed by atoms with Crippen LogP contribution in [-0.2, 0) is 4.74 Å². The van der Waals surface area contributed by atoms with Gasteiger partial charge in [0.25, 0.3) is 0 Å². The lowest BCUT2D eigenvalue weighted by Crippen LogP contribution is -2.43. The summed E-state index contributed by atoms with van der Waals surface area (Å²) in [5.74, 6) is 2.45. The SMILES string of the molecule is Clc1cc(N2CC3CCC(C2)O3)nc(C2CC2)n1. The number of fused-ring (bicyclic) bond motifs is 2.